The van der Waals surface area contributed by atoms with Gasteiger partial charge in [-0.15, -0.1) is 0 Å². The molecule has 0 amide bonds. The lowest BCUT2D eigenvalue weighted by molar-refractivity contribution is -0.385. The van der Waals surface area contributed by atoms with Crippen LogP contribution in [0.15, 0.2) is 42.5 Å². The maximum Gasteiger partial charge on any atom is 0.337 e. The standard InChI is InChI=1S/C14H10ClNO5/c1-20-14(17)9-4-2-5-10(8-9)21-13-11(15)6-3-7-12(13)16(18)19/h2-8H,1H3. The summed E-state index contributed by atoms with van der Waals surface area (Å²) in [6.07, 6.45) is 0. The summed E-state index contributed by atoms with van der Waals surface area (Å²) in [6, 6.07) is 10.3. The minimum Gasteiger partial charge on any atom is -0.465 e. The lowest BCUT2D eigenvalue weighted by Gasteiger charge is -2.08. The number of halogens is 1. The van der Waals surface area contributed by atoms with Gasteiger partial charge in [-0.3, -0.25) is 10.1 Å². The fourth-order valence-electron chi connectivity index (χ4n) is 1.66. The summed E-state index contributed by atoms with van der Waals surface area (Å²) in [6.45, 7) is 0. The Labute approximate surface area is 125 Å². The second-order valence-electron chi connectivity index (χ2n) is 3.97. The zero-order chi connectivity index (χ0) is 15.4. The molecular formula is C14H10ClNO5. The maximum absolute atomic E-state index is 11.4. The van der Waals surface area contributed by atoms with Crippen LogP contribution >= 0.6 is 11.6 Å². The van der Waals surface area contributed by atoms with E-state index in [1.54, 1.807) is 18.2 Å². The summed E-state index contributed by atoms with van der Waals surface area (Å²) < 4.78 is 10.1. The van der Waals surface area contributed by atoms with Gasteiger partial charge in [-0.05, 0) is 24.3 Å². The number of methoxy groups -OCH3 is 1. The first-order chi connectivity index (χ1) is 10.0. The van der Waals surface area contributed by atoms with Gasteiger partial charge in [0, 0.05) is 6.07 Å². The second-order valence-corrected chi connectivity index (χ2v) is 4.37. The van der Waals surface area contributed by atoms with Gasteiger partial charge in [-0.25, -0.2) is 4.79 Å². The Bertz CT molecular complexity index is 702. The lowest BCUT2D eigenvalue weighted by atomic mass is 10.2. The molecule has 0 unspecified atom stereocenters. The Morgan fingerprint density at radius 2 is 1.95 bits per heavy atom. The predicted octanol–water partition coefficient (Wildman–Crippen LogP) is 3.83. The van der Waals surface area contributed by atoms with Crippen molar-refractivity contribution in [2.45, 2.75) is 0 Å². The van der Waals surface area contributed by atoms with Crippen molar-refractivity contribution < 1.29 is 19.2 Å². The van der Waals surface area contributed by atoms with Crippen LogP contribution in [0, 0.1) is 10.1 Å². The average Bonchev–Trinajstić information content (AvgIpc) is 2.48. The summed E-state index contributed by atoms with van der Waals surface area (Å²) in [7, 11) is 1.26. The fraction of sp³-hybridized carbons (Fsp3) is 0.0714. The van der Waals surface area contributed by atoms with Crippen molar-refractivity contribution in [2.75, 3.05) is 7.11 Å². The molecule has 0 heterocycles. The summed E-state index contributed by atoms with van der Waals surface area (Å²) >= 11 is 5.93. The van der Waals surface area contributed by atoms with Crippen molar-refractivity contribution in [3.05, 3.63) is 63.2 Å². The molecule has 2 rings (SSSR count). The van der Waals surface area contributed by atoms with Crippen molar-refractivity contribution in [1.29, 1.82) is 0 Å². The number of para-hydroxylation sites is 1. The molecule has 0 aromatic heterocycles. The first kappa shape index (κ1) is 14.8. The second kappa shape index (κ2) is 6.23. The van der Waals surface area contributed by atoms with Crippen LogP contribution in [0.2, 0.25) is 5.02 Å². The molecule has 0 saturated carbocycles. The van der Waals surface area contributed by atoms with Crippen molar-refractivity contribution in [2.24, 2.45) is 0 Å². The molecular weight excluding hydrogens is 298 g/mol. The molecule has 21 heavy (non-hydrogen) atoms. The van der Waals surface area contributed by atoms with Gasteiger partial charge in [0.2, 0.25) is 5.75 Å². The first-order valence-electron chi connectivity index (χ1n) is 5.82. The molecule has 2 aromatic carbocycles. The molecule has 0 aliphatic carbocycles. The Balaban J connectivity index is 2.39. The number of nitro groups is 1. The van der Waals surface area contributed by atoms with E-state index in [1.807, 2.05) is 0 Å². The molecule has 2 aromatic rings. The highest BCUT2D eigenvalue weighted by molar-refractivity contribution is 6.32. The minimum absolute atomic E-state index is 0.0776. The molecule has 0 radical (unpaired) electrons. The van der Waals surface area contributed by atoms with E-state index in [-0.39, 0.29) is 27.8 Å². The Morgan fingerprint density at radius 1 is 1.24 bits per heavy atom. The Hall–Kier alpha value is -2.60. The van der Waals surface area contributed by atoms with Gasteiger partial charge in [0.15, 0.2) is 0 Å². The predicted molar refractivity (Wildman–Crippen MR) is 76.0 cm³/mol. The first-order valence-corrected chi connectivity index (χ1v) is 6.20. The minimum atomic E-state index is -0.592. The molecule has 0 aliphatic heterocycles. The Morgan fingerprint density at radius 3 is 2.62 bits per heavy atom. The van der Waals surface area contributed by atoms with E-state index in [9.17, 15) is 14.9 Å². The number of carbonyl (C=O) groups excluding carboxylic acids is 1. The van der Waals surface area contributed by atoms with Crippen molar-refractivity contribution >= 4 is 23.3 Å². The molecule has 6 nitrogen and oxygen atoms in total. The third-order valence-corrected chi connectivity index (χ3v) is 2.92. The third kappa shape index (κ3) is 3.29. The van der Waals surface area contributed by atoms with Crippen LogP contribution in [-0.4, -0.2) is 18.0 Å². The number of nitro benzene ring substituents is 1. The Kier molecular flexibility index (Phi) is 4.39. The van der Waals surface area contributed by atoms with Gasteiger partial charge >= 0.3 is 11.7 Å². The van der Waals surface area contributed by atoms with Crippen LogP contribution in [0.1, 0.15) is 10.4 Å². The summed E-state index contributed by atoms with van der Waals surface area (Å²) in [5.41, 5.74) is 0.00989. The van der Waals surface area contributed by atoms with Gasteiger partial charge < -0.3 is 9.47 Å². The van der Waals surface area contributed by atoms with Crippen molar-refractivity contribution in [3.63, 3.8) is 0 Å². The zero-order valence-electron chi connectivity index (χ0n) is 10.9. The molecule has 0 aliphatic rings. The van der Waals surface area contributed by atoms with Crippen LogP contribution < -0.4 is 4.74 Å². The average molecular weight is 308 g/mol. The molecule has 108 valence electrons. The highest BCUT2D eigenvalue weighted by atomic mass is 35.5. The SMILES string of the molecule is COC(=O)c1cccc(Oc2c(Cl)cccc2[N+](=O)[O-])c1. The maximum atomic E-state index is 11.4. The van der Waals surface area contributed by atoms with Gasteiger partial charge in [0.25, 0.3) is 0 Å². The van der Waals surface area contributed by atoms with Crippen LogP contribution in [0.25, 0.3) is 0 Å². The highest BCUT2D eigenvalue weighted by Gasteiger charge is 2.19. The van der Waals surface area contributed by atoms with Crippen LogP contribution in [0.5, 0.6) is 11.5 Å². The lowest BCUT2D eigenvalue weighted by Crippen LogP contribution is -2.01. The number of hydrogen-bond donors (Lipinski definition) is 0. The van der Waals surface area contributed by atoms with Crippen molar-refractivity contribution in [1.82, 2.24) is 0 Å². The number of benzene rings is 2. The van der Waals surface area contributed by atoms with E-state index >= 15 is 0 Å². The van der Waals surface area contributed by atoms with Gasteiger partial charge in [0.05, 0.1) is 22.6 Å². The van der Waals surface area contributed by atoms with Crippen LogP contribution in [0.4, 0.5) is 5.69 Å². The summed E-state index contributed by atoms with van der Waals surface area (Å²) in [4.78, 5) is 21.8. The van der Waals surface area contributed by atoms with E-state index in [4.69, 9.17) is 16.3 Å². The monoisotopic (exact) mass is 307 g/mol. The molecule has 0 atom stereocenters. The quantitative estimate of drug-likeness (QED) is 0.487. The van der Waals surface area contributed by atoms with Gasteiger partial charge in [-0.1, -0.05) is 23.7 Å². The van der Waals surface area contributed by atoms with E-state index in [0.29, 0.717) is 0 Å². The summed E-state index contributed by atoms with van der Waals surface area (Å²) in [5, 5.41) is 11.1. The van der Waals surface area contributed by atoms with E-state index in [0.717, 1.165) is 0 Å². The number of hydrogen-bond acceptors (Lipinski definition) is 5. The number of rotatable bonds is 4. The van der Waals surface area contributed by atoms with Gasteiger partial charge in [-0.2, -0.15) is 0 Å². The molecule has 0 fully saturated rings. The van der Waals surface area contributed by atoms with E-state index < -0.39 is 10.9 Å². The number of carbonyl (C=O) groups is 1. The highest BCUT2D eigenvalue weighted by Crippen LogP contribution is 2.37. The van der Waals surface area contributed by atoms with Crippen LogP contribution in [0.3, 0.4) is 0 Å². The van der Waals surface area contributed by atoms with E-state index in [1.165, 1.54) is 31.4 Å². The molecule has 7 heteroatoms. The number of nitrogens with zero attached hydrogens (tertiary/aromatic N) is 1. The third-order valence-electron chi connectivity index (χ3n) is 2.62. The van der Waals surface area contributed by atoms with Gasteiger partial charge in [0.1, 0.15) is 5.75 Å². The molecule has 0 spiro atoms. The largest absolute Gasteiger partial charge is 0.465 e. The molecule has 0 N–H and O–H groups in total. The number of ether oxygens (including phenoxy) is 2. The fourth-order valence-corrected chi connectivity index (χ4v) is 1.87. The van der Waals surface area contributed by atoms with E-state index in [2.05, 4.69) is 4.74 Å². The smallest absolute Gasteiger partial charge is 0.337 e. The molecule has 0 saturated heterocycles. The zero-order valence-corrected chi connectivity index (χ0v) is 11.7. The summed E-state index contributed by atoms with van der Waals surface area (Å²) in [5.74, 6) is -0.366. The van der Waals surface area contributed by atoms with Crippen LogP contribution in [-0.2, 0) is 4.74 Å². The molecule has 0 bridgehead atoms. The number of esters is 1. The van der Waals surface area contributed by atoms with Crippen molar-refractivity contribution in [3.8, 4) is 11.5 Å². The topological polar surface area (TPSA) is 78.7 Å². The normalized spacial score (nSPS) is 10.0.